The van der Waals surface area contributed by atoms with E-state index in [9.17, 15) is 20.3 Å². The van der Waals surface area contributed by atoms with Crippen molar-refractivity contribution in [1.82, 2.24) is 19.4 Å². The summed E-state index contributed by atoms with van der Waals surface area (Å²) in [6.07, 6.45) is 6.58. The lowest BCUT2D eigenvalue weighted by molar-refractivity contribution is -0.155. The molecular formula is C56H63N5O7. The Morgan fingerprint density at radius 3 is 2.49 bits per heavy atom. The highest BCUT2D eigenvalue weighted by molar-refractivity contribution is 5.90. The van der Waals surface area contributed by atoms with Gasteiger partial charge in [-0.25, -0.2) is 0 Å². The lowest BCUT2D eigenvalue weighted by Gasteiger charge is -2.42. The molecule has 4 aromatic carbocycles. The van der Waals surface area contributed by atoms with Crippen LogP contribution in [0.25, 0.3) is 33.2 Å². The Labute approximate surface area is 398 Å². The van der Waals surface area contributed by atoms with Crippen LogP contribution in [0, 0.1) is 47.0 Å². The summed E-state index contributed by atoms with van der Waals surface area (Å²) in [7, 11) is 1.45. The number of nitrogens with one attached hydrogen (secondary N) is 1. The van der Waals surface area contributed by atoms with E-state index in [0.717, 1.165) is 82.7 Å². The molecule has 3 N–H and O–H groups in total. The molecule has 9 atom stereocenters. The maximum absolute atomic E-state index is 13.8. The number of fused-ring (bicyclic) bond motifs is 11. The molecule has 0 bridgehead atoms. The first-order valence-corrected chi connectivity index (χ1v) is 24.9. The molecule has 3 unspecified atom stereocenters. The first-order chi connectivity index (χ1) is 33.3. The van der Waals surface area contributed by atoms with Crippen molar-refractivity contribution in [3.8, 4) is 23.3 Å². The molecule has 2 aliphatic carbocycles. The summed E-state index contributed by atoms with van der Waals surface area (Å²) in [5.74, 6) is 0.0896. The third-order valence-corrected chi connectivity index (χ3v) is 16.5. The zero-order valence-electron chi connectivity index (χ0n) is 39.2. The topological polar surface area (TPSA) is 143 Å². The molecule has 12 nitrogen and oxygen atoms in total. The van der Waals surface area contributed by atoms with Gasteiger partial charge in [0.2, 0.25) is 0 Å². The molecule has 2 fully saturated rings. The van der Waals surface area contributed by atoms with E-state index < -0.39 is 18.1 Å². The van der Waals surface area contributed by atoms with E-state index in [1.165, 1.54) is 23.6 Å². The van der Waals surface area contributed by atoms with Crippen molar-refractivity contribution in [2.24, 2.45) is 35.5 Å². The predicted octanol–water partition coefficient (Wildman–Crippen LogP) is 8.32. The molecule has 5 aliphatic rings. The monoisotopic (exact) mass is 917 g/mol. The van der Waals surface area contributed by atoms with Gasteiger partial charge in [0.25, 0.3) is 0 Å². The molecule has 2 saturated carbocycles. The van der Waals surface area contributed by atoms with Gasteiger partial charge in [-0.3, -0.25) is 4.79 Å². The van der Waals surface area contributed by atoms with Crippen molar-refractivity contribution < 1.29 is 34.0 Å². The van der Waals surface area contributed by atoms with E-state index in [-0.39, 0.29) is 42.4 Å². The SMILES string of the molecule is COC(=O)[C@@H]1C(C)[C@H](CN(C#N)CCc2c3n(c4ccccc24)-c2ccccc2COC3)CC[C@@H]1Oc1ccc2c(c1)c1c3n2-c2ccccc2COC3CC2[C@@H](CC[C@H](O)[C@@H]2CO)CNCC1. The highest BCUT2D eigenvalue weighted by Crippen LogP contribution is 2.48. The first-order valence-electron chi connectivity index (χ1n) is 24.9. The van der Waals surface area contributed by atoms with E-state index in [2.05, 4.69) is 112 Å². The molecule has 68 heavy (non-hydrogen) atoms. The fourth-order valence-electron chi connectivity index (χ4n) is 13.1. The van der Waals surface area contributed by atoms with E-state index in [1.54, 1.807) is 0 Å². The number of ether oxygens (including phenoxy) is 4. The number of esters is 1. The van der Waals surface area contributed by atoms with E-state index in [4.69, 9.17) is 18.9 Å². The maximum Gasteiger partial charge on any atom is 0.312 e. The van der Waals surface area contributed by atoms with Crippen LogP contribution in [-0.2, 0) is 51.7 Å². The number of carbonyl (C=O) groups excluding carboxylic acids is 1. The summed E-state index contributed by atoms with van der Waals surface area (Å²) in [5, 5.41) is 38.3. The summed E-state index contributed by atoms with van der Waals surface area (Å²) in [5.41, 5.74) is 11.4. The summed E-state index contributed by atoms with van der Waals surface area (Å²) in [6, 6.07) is 31.7. The number of benzene rings is 4. The Morgan fingerprint density at radius 2 is 1.68 bits per heavy atom. The second-order valence-corrected chi connectivity index (χ2v) is 20.0. The number of nitrogens with zero attached hydrogens (tertiary/aromatic N) is 4. The molecule has 3 aliphatic heterocycles. The quantitative estimate of drug-likeness (QED) is 0.0737. The van der Waals surface area contributed by atoms with Gasteiger partial charge in [0, 0.05) is 47.5 Å². The average Bonchev–Trinajstić information content (AvgIpc) is 3.69. The minimum atomic E-state index is -0.532. The third-order valence-electron chi connectivity index (χ3n) is 16.5. The van der Waals surface area contributed by atoms with Crippen LogP contribution in [0.4, 0.5) is 0 Å². The van der Waals surface area contributed by atoms with Crippen LogP contribution in [0.2, 0.25) is 0 Å². The molecule has 0 spiro atoms. The molecule has 12 heteroatoms. The number of hydrogen-bond donors (Lipinski definition) is 3. The number of aliphatic hydroxyl groups excluding tert-OH is 2. The Hall–Kier alpha value is -5.68. The second-order valence-electron chi connectivity index (χ2n) is 20.0. The van der Waals surface area contributed by atoms with Crippen LogP contribution in [0.1, 0.15) is 78.8 Å². The van der Waals surface area contributed by atoms with Gasteiger partial charge in [-0.05, 0) is 129 Å². The Balaban J connectivity index is 0.858. The molecular weight excluding hydrogens is 855 g/mol. The molecule has 354 valence electrons. The molecule has 11 rings (SSSR count). The number of aromatic nitrogens is 2. The molecule has 5 heterocycles. The number of para-hydroxylation sites is 3. The van der Waals surface area contributed by atoms with Crippen molar-refractivity contribution in [3.63, 3.8) is 0 Å². The first kappa shape index (κ1) is 44.8. The smallest absolute Gasteiger partial charge is 0.312 e. The van der Waals surface area contributed by atoms with Gasteiger partial charge < -0.3 is 48.5 Å². The molecule has 2 aromatic heterocycles. The highest BCUT2D eigenvalue weighted by atomic mass is 16.5. The third kappa shape index (κ3) is 7.96. The average molecular weight is 918 g/mol. The van der Waals surface area contributed by atoms with Crippen molar-refractivity contribution in [2.75, 3.05) is 39.9 Å². The molecule has 0 saturated heterocycles. The van der Waals surface area contributed by atoms with Crippen LogP contribution in [0.5, 0.6) is 5.75 Å². The number of methoxy groups -OCH3 is 1. The largest absolute Gasteiger partial charge is 0.490 e. The zero-order valence-corrected chi connectivity index (χ0v) is 39.2. The standard InChI is InChI=1S/C56H63N5O7/c1-34-36(28-59(33-57)24-22-41-40-11-5-8-14-48(40)60-46-12-6-3-9-37(46)30-66-32-50(41)60)16-20-52(54(34)56(64)65-2)68-39-17-18-49-44(25-39)42-21-23-58-27-35-15-19-51(63)45(29-62)43(35)26-53-55(42)61(49)47-13-7-4-10-38(47)31-67-53/h3-14,17-18,25,34-36,43,45,51-54,58,62-63H,15-16,19-24,26-32H2,1-2H3/t34?,35-,36-,43?,45+,51-,52-,53?,54+/m0/s1. The van der Waals surface area contributed by atoms with Gasteiger partial charge in [-0.2, -0.15) is 5.26 Å². The summed E-state index contributed by atoms with van der Waals surface area (Å²) < 4.78 is 30.3. The Kier molecular flexibility index (Phi) is 12.5. The summed E-state index contributed by atoms with van der Waals surface area (Å²) >= 11 is 0. The minimum absolute atomic E-state index is 0.0462. The lowest BCUT2D eigenvalue weighted by atomic mass is 9.68. The predicted molar refractivity (Wildman–Crippen MR) is 259 cm³/mol. The van der Waals surface area contributed by atoms with Gasteiger partial charge in [0.1, 0.15) is 11.9 Å². The van der Waals surface area contributed by atoms with E-state index >= 15 is 0 Å². The number of aliphatic hydroxyl groups is 2. The van der Waals surface area contributed by atoms with Crippen molar-refractivity contribution in [2.45, 2.75) is 90.0 Å². The number of rotatable bonds is 9. The van der Waals surface area contributed by atoms with Gasteiger partial charge in [-0.1, -0.05) is 61.5 Å². The van der Waals surface area contributed by atoms with Crippen LogP contribution in [0.15, 0.2) is 91.0 Å². The van der Waals surface area contributed by atoms with E-state index in [1.807, 2.05) is 11.0 Å². The normalized spacial score (nSPS) is 26.7. The van der Waals surface area contributed by atoms with Gasteiger partial charge in [0.05, 0.1) is 78.9 Å². The van der Waals surface area contributed by atoms with Crippen LogP contribution < -0.4 is 10.1 Å². The van der Waals surface area contributed by atoms with Crippen molar-refractivity contribution in [1.29, 1.82) is 5.26 Å². The fourth-order valence-corrected chi connectivity index (χ4v) is 13.1. The van der Waals surface area contributed by atoms with Gasteiger partial charge in [0.15, 0.2) is 6.19 Å². The van der Waals surface area contributed by atoms with Crippen molar-refractivity contribution >= 4 is 27.8 Å². The number of carbonyl (C=O) groups is 1. The summed E-state index contributed by atoms with van der Waals surface area (Å²) in [6.45, 7) is 6.29. The van der Waals surface area contributed by atoms with Gasteiger partial charge in [-0.15, -0.1) is 0 Å². The Bertz CT molecular complexity index is 2860. The van der Waals surface area contributed by atoms with E-state index in [0.29, 0.717) is 70.3 Å². The minimum Gasteiger partial charge on any atom is -0.490 e. The van der Waals surface area contributed by atoms with Crippen LogP contribution >= 0.6 is 0 Å². The maximum atomic E-state index is 13.8. The molecule has 0 radical (unpaired) electrons. The van der Waals surface area contributed by atoms with Gasteiger partial charge >= 0.3 is 5.97 Å². The summed E-state index contributed by atoms with van der Waals surface area (Å²) in [4.78, 5) is 15.7. The van der Waals surface area contributed by atoms with Crippen LogP contribution in [-0.4, -0.2) is 82.3 Å². The van der Waals surface area contributed by atoms with Crippen LogP contribution in [0.3, 0.4) is 0 Å². The second kappa shape index (κ2) is 19.0. The Morgan fingerprint density at radius 1 is 0.912 bits per heavy atom. The fraction of sp³-hybridized carbons (Fsp3) is 0.464. The lowest BCUT2D eigenvalue weighted by Crippen LogP contribution is -2.47. The molecule has 0 amide bonds. The highest BCUT2D eigenvalue weighted by Gasteiger charge is 2.45. The molecule has 6 aromatic rings. The van der Waals surface area contributed by atoms with Crippen molar-refractivity contribution in [3.05, 3.63) is 125 Å². The number of nitriles is 1. The zero-order chi connectivity index (χ0) is 46.5. The number of hydrogen-bond acceptors (Lipinski definition) is 10.